The Kier molecular flexibility index (Phi) is 2.51. The lowest BCUT2D eigenvalue weighted by molar-refractivity contribution is 0.0786. The quantitative estimate of drug-likeness (QED) is 0.832. The van der Waals surface area contributed by atoms with Gasteiger partial charge < -0.3 is 10.4 Å². The van der Waals surface area contributed by atoms with Crippen LogP contribution in [0.15, 0.2) is 22.9 Å². The zero-order valence-electron chi connectivity index (χ0n) is 7.07. The van der Waals surface area contributed by atoms with Crippen molar-refractivity contribution in [3.05, 3.63) is 22.9 Å². The van der Waals surface area contributed by atoms with Gasteiger partial charge in [0.1, 0.15) is 0 Å². The second kappa shape index (κ2) is 3.64. The van der Waals surface area contributed by atoms with E-state index in [2.05, 4.69) is 26.2 Å². The second-order valence-electron chi connectivity index (χ2n) is 3.25. The third-order valence-corrected chi connectivity index (χ3v) is 2.98. The predicted molar refractivity (Wildman–Crippen MR) is 54.6 cm³/mol. The zero-order chi connectivity index (χ0) is 9.26. The van der Waals surface area contributed by atoms with Crippen molar-refractivity contribution in [3.8, 4) is 0 Å². The molecule has 1 aliphatic carbocycles. The van der Waals surface area contributed by atoms with Gasteiger partial charge in [-0.3, -0.25) is 4.98 Å². The van der Waals surface area contributed by atoms with Gasteiger partial charge in [-0.25, -0.2) is 0 Å². The molecule has 1 heterocycles. The van der Waals surface area contributed by atoms with Crippen LogP contribution < -0.4 is 5.32 Å². The van der Waals surface area contributed by atoms with Gasteiger partial charge in [0.05, 0.1) is 22.3 Å². The van der Waals surface area contributed by atoms with E-state index in [4.69, 9.17) is 0 Å². The summed E-state index contributed by atoms with van der Waals surface area (Å²) in [6, 6.07) is 2.11. The number of aliphatic hydroxyl groups is 1. The summed E-state index contributed by atoms with van der Waals surface area (Å²) in [6.45, 7) is 0. The third-order valence-electron chi connectivity index (χ3n) is 2.35. The molecule has 0 unspecified atom stereocenters. The topological polar surface area (TPSA) is 45.1 Å². The summed E-state index contributed by atoms with van der Waals surface area (Å²) in [6.07, 6.45) is 5.22. The number of nitrogens with one attached hydrogen (secondary N) is 1. The first-order chi connectivity index (χ1) is 6.27. The van der Waals surface area contributed by atoms with Crippen LogP contribution in [0.4, 0.5) is 5.69 Å². The molecular weight excluding hydrogens is 232 g/mol. The summed E-state index contributed by atoms with van der Waals surface area (Å²) in [5, 5.41) is 12.6. The van der Waals surface area contributed by atoms with Crippen LogP contribution in [-0.2, 0) is 0 Å². The highest BCUT2D eigenvalue weighted by Gasteiger charge is 2.28. The van der Waals surface area contributed by atoms with Gasteiger partial charge in [-0.1, -0.05) is 0 Å². The van der Waals surface area contributed by atoms with Crippen LogP contribution in [0.25, 0.3) is 0 Å². The number of rotatable bonds is 2. The van der Waals surface area contributed by atoms with Crippen LogP contribution >= 0.6 is 15.9 Å². The first kappa shape index (κ1) is 8.97. The van der Waals surface area contributed by atoms with Crippen LogP contribution in [0.5, 0.6) is 0 Å². The molecule has 0 aromatic carbocycles. The normalized spacial score (nSPS) is 26.6. The Morgan fingerprint density at radius 2 is 2.38 bits per heavy atom. The molecule has 1 aromatic heterocycles. The van der Waals surface area contributed by atoms with Gasteiger partial charge in [0.2, 0.25) is 0 Å². The van der Waals surface area contributed by atoms with Crippen molar-refractivity contribution in [1.82, 2.24) is 4.98 Å². The minimum absolute atomic E-state index is 0.194. The predicted octanol–water partition coefficient (Wildman–Crippen LogP) is 1.78. The van der Waals surface area contributed by atoms with Gasteiger partial charge in [-0.15, -0.1) is 0 Å². The molecular formula is C9H11BrN2O. The van der Waals surface area contributed by atoms with E-state index in [0.29, 0.717) is 0 Å². The average molecular weight is 243 g/mol. The van der Waals surface area contributed by atoms with Crippen molar-refractivity contribution in [3.63, 3.8) is 0 Å². The number of aromatic nitrogens is 1. The highest BCUT2D eigenvalue weighted by Crippen LogP contribution is 2.27. The van der Waals surface area contributed by atoms with E-state index in [9.17, 15) is 5.11 Å². The smallest absolute Gasteiger partial charge is 0.0741 e. The number of pyridine rings is 1. The Balaban J connectivity index is 2.05. The van der Waals surface area contributed by atoms with Crippen molar-refractivity contribution in [1.29, 1.82) is 0 Å². The number of hydrogen-bond donors (Lipinski definition) is 2. The average Bonchev–Trinajstić information content (AvgIpc) is 2.14. The fourth-order valence-corrected chi connectivity index (χ4v) is 1.71. The lowest BCUT2D eigenvalue weighted by Crippen LogP contribution is -2.42. The highest BCUT2D eigenvalue weighted by molar-refractivity contribution is 9.10. The molecule has 0 bridgehead atoms. The van der Waals surface area contributed by atoms with Gasteiger partial charge in [0, 0.05) is 12.4 Å². The van der Waals surface area contributed by atoms with Crippen LogP contribution in [-0.4, -0.2) is 22.2 Å². The van der Waals surface area contributed by atoms with Crippen LogP contribution in [0.3, 0.4) is 0 Å². The summed E-state index contributed by atoms with van der Waals surface area (Å²) in [4.78, 5) is 3.97. The van der Waals surface area contributed by atoms with Crippen LogP contribution in [0, 0.1) is 0 Å². The number of hydrogen-bond acceptors (Lipinski definition) is 3. The minimum Gasteiger partial charge on any atom is -0.391 e. The lowest BCUT2D eigenvalue weighted by Gasteiger charge is -2.34. The molecule has 0 radical (unpaired) electrons. The molecule has 1 saturated carbocycles. The van der Waals surface area contributed by atoms with E-state index in [1.54, 1.807) is 12.4 Å². The minimum atomic E-state index is -0.194. The van der Waals surface area contributed by atoms with Crippen molar-refractivity contribution >= 4 is 21.6 Å². The Bertz CT molecular complexity index is 305. The Morgan fingerprint density at radius 1 is 1.54 bits per heavy atom. The van der Waals surface area contributed by atoms with E-state index in [1.165, 1.54) is 0 Å². The molecule has 0 saturated heterocycles. The van der Waals surface area contributed by atoms with Crippen molar-refractivity contribution in [2.24, 2.45) is 0 Å². The number of aliphatic hydroxyl groups excluding tert-OH is 1. The summed E-state index contributed by atoms with van der Waals surface area (Å²) < 4.78 is 0.939. The van der Waals surface area contributed by atoms with E-state index in [-0.39, 0.29) is 12.1 Å². The third kappa shape index (κ3) is 1.84. The maximum Gasteiger partial charge on any atom is 0.0741 e. The molecule has 70 valence electrons. The van der Waals surface area contributed by atoms with Gasteiger partial charge in [0.15, 0.2) is 0 Å². The molecule has 0 spiro atoms. The Hall–Kier alpha value is -0.610. The van der Waals surface area contributed by atoms with Crippen molar-refractivity contribution in [2.75, 3.05) is 5.32 Å². The molecule has 2 rings (SSSR count). The van der Waals surface area contributed by atoms with Gasteiger partial charge in [-0.2, -0.15) is 0 Å². The van der Waals surface area contributed by atoms with E-state index >= 15 is 0 Å². The lowest BCUT2D eigenvalue weighted by atomic mass is 9.89. The maximum atomic E-state index is 9.37. The van der Waals surface area contributed by atoms with Gasteiger partial charge in [0.25, 0.3) is 0 Å². The summed E-state index contributed by atoms with van der Waals surface area (Å²) in [5.41, 5.74) is 0.999. The molecule has 0 amide bonds. The van der Waals surface area contributed by atoms with E-state index < -0.39 is 0 Å². The monoisotopic (exact) mass is 242 g/mol. The Morgan fingerprint density at radius 3 is 2.92 bits per heavy atom. The molecule has 1 aromatic rings. The summed E-state index contributed by atoms with van der Waals surface area (Å²) in [7, 11) is 0. The molecule has 2 atom stereocenters. The van der Waals surface area contributed by atoms with E-state index in [1.807, 2.05) is 6.07 Å². The summed E-state index contributed by atoms with van der Waals surface area (Å²) in [5.74, 6) is 0. The first-order valence-electron chi connectivity index (χ1n) is 4.31. The fourth-order valence-electron chi connectivity index (χ4n) is 1.34. The number of anilines is 1. The molecule has 1 aliphatic rings. The molecule has 13 heavy (non-hydrogen) atoms. The molecule has 2 N–H and O–H groups in total. The molecule has 0 aliphatic heterocycles. The molecule has 3 nitrogen and oxygen atoms in total. The molecule has 1 fully saturated rings. The SMILES string of the molecule is O[C@@H]1CC[C@H]1Nc1ccncc1Br. The largest absolute Gasteiger partial charge is 0.391 e. The first-order valence-corrected chi connectivity index (χ1v) is 5.11. The second-order valence-corrected chi connectivity index (χ2v) is 4.11. The van der Waals surface area contributed by atoms with Crippen molar-refractivity contribution < 1.29 is 5.11 Å². The maximum absolute atomic E-state index is 9.37. The standard InChI is InChI=1S/C9H11BrN2O/c10-6-5-11-4-3-7(6)12-8-1-2-9(8)13/h3-5,8-9,13H,1-2H2,(H,11,12)/t8-,9-/m1/s1. The van der Waals surface area contributed by atoms with Crippen molar-refractivity contribution in [2.45, 2.75) is 25.0 Å². The number of halogens is 1. The number of nitrogens with zero attached hydrogens (tertiary/aromatic N) is 1. The van der Waals surface area contributed by atoms with Gasteiger partial charge >= 0.3 is 0 Å². The fraction of sp³-hybridized carbons (Fsp3) is 0.444. The van der Waals surface area contributed by atoms with E-state index in [0.717, 1.165) is 23.0 Å². The highest BCUT2D eigenvalue weighted by atomic mass is 79.9. The zero-order valence-corrected chi connectivity index (χ0v) is 8.66. The Labute approximate surface area is 85.3 Å². The summed E-state index contributed by atoms with van der Waals surface area (Å²) >= 11 is 3.39. The molecule has 4 heteroatoms. The van der Waals surface area contributed by atoms with Crippen LogP contribution in [0.1, 0.15) is 12.8 Å². The van der Waals surface area contributed by atoms with Gasteiger partial charge in [-0.05, 0) is 34.8 Å². The van der Waals surface area contributed by atoms with Crippen LogP contribution in [0.2, 0.25) is 0 Å².